The quantitative estimate of drug-likeness (QED) is 0.530. The smallest absolute Gasteiger partial charge is 0.241 e. The normalized spacial score (nSPS) is 10.0. The van der Waals surface area contributed by atoms with Crippen LogP contribution in [0.3, 0.4) is 0 Å². The van der Waals surface area contributed by atoms with Crippen LogP contribution in [-0.4, -0.2) is 28.1 Å². The summed E-state index contributed by atoms with van der Waals surface area (Å²) in [5.74, 6) is -0.164. The minimum Gasteiger partial charge on any atom is -0.382 e. The van der Waals surface area contributed by atoms with E-state index in [0.717, 1.165) is 0 Å². The van der Waals surface area contributed by atoms with Crippen LogP contribution in [-0.2, 0) is 16.1 Å². The highest BCUT2D eigenvalue weighted by Gasteiger charge is 2.03. The molecule has 0 radical (unpaired) electrons. The first-order valence-electron chi connectivity index (χ1n) is 4.92. The summed E-state index contributed by atoms with van der Waals surface area (Å²) >= 11 is 0. The topological polar surface area (TPSA) is 116 Å². The van der Waals surface area contributed by atoms with Crippen LogP contribution in [0.25, 0.3) is 0 Å². The molecule has 0 unspecified atom stereocenters. The summed E-state index contributed by atoms with van der Waals surface area (Å²) in [5, 5.41) is 6.51. The van der Waals surface area contributed by atoms with E-state index < -0.39 is 0 Å². The minimum atomic E-state index is -0.367. The Balaban J connectivity index is 2.18. The maximum Gasteiger partial charge on any atom is 0.241 e. The first kappa shape index (κ1) is 12.0. The Morgan fingerprint density at radius 3 is 2.81 bits per heavy atom. The number of carbonyl (C=O) groups is 2. The Bertz CT molecular complexity index is 374. The molecular formula is C9H15N5O2. The van der Waals surface area contributed by atoms with Gasteiger partial charge in [-0.15, -0.1) is 0 Å². The average molecular weight is 225 g/mol. The van der Waals surface area contributed by atoms with Gasteiger partial charge in [-0.25, -0.2) is 0 Å². The van der Waals surface area contributed by atoms with Crippen molar-refractivity contribution >= 4 is 17.6 Å². The van der Waals surface area contributed by atoms with Gasteiger partial charge in [0.1, 0.15) is 12.4 Å². The van der Waals surface area contributed by atoms with Crippen LogP contribution in [0.5, 0.6) is 0 Å². The molecule has 0 bridgehead atoms. The Hall–Kier alpha value is -2.05. The number of rotatable bonds is 6. The number of amides is 2. The van der Waals surface area contributed by atoms with Crippen molar-refractivity contribution in [2.45, 2.75) is 19.4 Å². The van der Waals surface area contributed by atoms with Crippen LogP contribution < -0.4 is 16.8 Å². The molecule has 0 aromatic carbocycles. The Kier molecular flexibility index (Phi) is 4.31. The van der Waals surface area contributed by atoms with Gasteiger partial charge in [0.25, 0.3) is 0 Å². The fraction of sp³-hybridized carbons (Fsp3) is 0.444. The molecule has 0 aliphatic heterocycles. The van der Waals surface area contributed by atoms with Gasteiger partial charge in [-0.2, -0.15) is 5.10 Å². The molecule has 0 spiro atoms. The lowest BCUT2D eigenvalue weighted by molar-refractivity contribution is -0.122. The number of nitrogen functional groups attached to an aromatic ring is 1. The van der Waals surface area contributed by atoms with Crippen molar-refractivity contribution in [3.05, 3.63) is 12.3 Å². The summed E-state index contributed by atoms with van der Waals surface area (Å²) in [4.78, 5) is 21.8. The SMILES string of the molecule is NC(=O)CCCNC(=O)Cn1ccc(N)n1. The molecule has 2 amide bonds. The molecular weight excluding hydrogens is 210 g/mol. The van der Waals surface area contributed by atoms with Crippen LogP contribution in [0.15, 0.2) is 12.3 Å². The highest BCUT2D eigenvalue weighted by Crippen LogP contribution is 1.95. The standard InChI is InChI=1S/C9H15N5O2/c10-7-3-5-14(13-7)6-9(16)12-4-1-2-8(11)15/h3,5H,1-2,4,6H2,(H2,10,13)(H2,11,15)(H,12,16). The number of nitrogens with one attached hydrogen (secondary N) is 1. The molecule has 7 nitrogen and oxygen atoms in total. The van der Waals surface area contributed by atoms with Crippen LogP contribution >= 0.6 is 0 Å². The zero-order valence-corrected chi connectivity index (χ0v) is 8.85. The predicted octanol–water partition coefficient (Wildman–Crippen LogP) is -1.15. The number of nitrogens with zero attached hydrogens (tertiary/aromatic N) is 2. The van der Waals surface area contributed by atoms with Crippen LogP contribution in [0.2, 0.25) is 0 Å². The second-order valence-corrected chi connectivity index (χ2v) is 3.36. The van der Waals surface area contributed by atoms with Gasteiger partial charge in [-0.05, 0) is 12.5 Å². The first-order chi connectivity index (χ1) is 7.58. The molecule has 0 aliphatic carbocycles. The third-order valence-corrected chi connectivity index (χ3v) is 1.89. The fourth-order valence-corrected chi connectivity index (χ4v) is 1.16. The van der Waals surface area contributed by atoms with Crippen molar-refractivity contribution < 1.29 is 9.59 Å². The summed E-state index contributed by atoms with van der Waals surface area (Å²) in [7, 11) is 0. The van der Waals surface area contributed by atoms with E-state index in [4.69, 9.17) is 11.5 Å². The largest absolute Gasteiger partial charge is 0.382 e. The molecule has 5 N–H and O–H groups in total. The van der Waals surface area contributed by atoms with Crippen molar-refractivity contribution in [1.29, 1.82) is 0 Å². The molecule has 1 heterocycles. The minimum absolute atomic E-state index is 0.119. The number of nitrogens with two attached hydrogens (primary N) is 2. The maximum absolute atomic E-state index is 11.3. The summed E-state index contributed by atoms with van der Waals surface area (Å²) in [6.07, 6.45) is 2.44. The lowest BCUT2D eigenvalue weighted by atomic mass is 10.3. The second-order valence-electron chi connectivity index (χ2n) is 3.36. The molecule has 1 aromatic rings. The van der Waals surface area contributed by atoms with E-state index in [0.29, 0.717) is 18.8 Å². The molecule has 1 rings (SSSR count). The van der Waals surface area contributed by atoms with Gasteiger partial charge in [0.15, 0.2) is 0 Å². The average Bonchev–Trinajstić information content (AvgIpc) is 2.58. The van der Waals surface area contributed by atoms with Gasteiger partial charge >= 0.3 is 0 Å². The lowest BCUT2D eigenvalue weighted by Crippen LogP contribution is -2.29. The number of primary amides is 1. The number of hydrogen-bond acceptors (Lipinski definition) is 4. The summed E-state index contributed by atoms with van der Waals surface area (Å²) in [5.41, 5.74) is 10.4. The van der Waals surface area contributed by atoms with Crippen molar-refractivity contribution in [2.24, 2.45) is 5.73 Å². The van der Waals surface area contributed by atoms with E-state index in [1.54, 1.807) is 12.3 Å². The Morgan fingerprint density at radius 1 is 1.50 bits per heavy atom. The third-order valence-electron chi connectivity index (χ3n) is 1.89. The number of aromatic nitrogens is 2. The van der Waals surface area contributed by atoms with Gasteiger partial charge in [0.05, 0.1) is 0 Å². The molecule has 16 heavy (non-hydrogen) atoms. The van der Waals surface area contributed by atoms with Crippen molar-refractivity contribution in [3.8, 4) is 0 Å². The highest BCUT2D eigenvalue weighted by atomic mass is 16.2. The van der Waals surface area contributed by atoms with Crippen molar-refractivity contribution in [1.82, 2.24) is 15.1 Å². The zero-order valence-electron chi connectivity index (χ0n) is 8.85. The molecule has 0 fully saturated rings. The first-order valence-corrected chi connectivity index (χ1v) is 4.92. The van der Waals surface area contributed by atoms with E-state index in [-0.39, 0.29) is 24.8 Å². The number of hydrogen-bond donors (Lipinski definition) is 3. The maximum atomic E-state index is 11.3. The second kappa shape index (κ2) is 5.74. The summed E-state index contributed by atoms with van der Waals surface area (Å²) < 4.78 is 1.44. The van der Waals surface area contributed by atoms with Crippen LogP contribution in [0.1, 0.15) is 12.8 Å². The summed E-state index contributed by atoms with van der Waals surface area (Å²) in [6.45, 7) is 0.548. The van der Waals surface area contributed by atoms with E-state index in [1.165, 1.54) is 4.68 Å². The molecule has 1 aromatic heterocycles. The fourth-order valence-electron chi connectivity index (χ4n) is 1.16. The van der Waals surface area contributed by atoms with Gasteiger partial charge in [-0.3, -0.25) is 14.3 Å². The molecule has 88 valence electrons. The molecule has 0 saturated carbocycles. The van der Waals surface area contributed by atoms with Gasteiger partial charge in [-0.1, -0.05) is 0 Å². The van der Waals surface area contributed by atoms with Crippen LogP contribution in [0.4, 0.5) is 5.82 Å². The predicted molar refractivity (Wildman–Crippen MR) is 58.1 cm³/mol. The lowest BCUT2D eigenvalue weighted by Gasteiger charge is -2.04. The van der Waals surface area contributed by atoms with Gasteiger partial charge < -0.3 is 16.8 Å². The molecule has 0 aliphatic rings. The Morgan fingerprint density at radius 2 is 2.25 bits per heavy atom. The Labute approximate surface area is 92.8 Å². The van der Waals surface area contributed by atoms with E-state index >= 15 is 0 Å². The van der Waals surface area contributed by atoms with Crippen LogP contribution in [0, 0.1) is 0 Å². The summed E-state index contributed by atoms with van der Waals surface area (Å²) in [6, 6.07) is 1.61. The number of carbonyl (C=O) groups excluding carboxylic acids is 2. The van der Waals surface area contributed by atoms with Gasteiger partial charge in [0.2, 0.25) is 11.8 Å². The number of anilines is 1. The van der Waals surface area contributed by atoms with E-state index in [9.17, 15) is 9.59 Å². The van der Waals surface area contributed by atoms with Crippen molar-refractivity contribution in [2.75, 3.05) is 12.3 Å². The zero-order chi connectivity index (χ0) is 12.0. The van der Waals surface area contributed by atoms with Gasteiger partial charge in [0, 0.05) is 19.2 Å². The third kappa shape index (κ3) is 4.45. The highest BCUT2D eigenvalue weighted by molar-refractivity contribution is 5.76. The molecule has 0 atom stereocenters. The van der Waals surface area contributed by atoms with E-state index in [2.05, 4.69) is 10.4 Å². The van der Waals surface area contributed by atoms with Crippen molar-refractivity contribution in [3.63, 3.8) is 0 Å². The molecule has 7 heteroatoms. The molecule has 0 saturated heterocycles. The van der Waals surface area contributed by atoms with E-state index in [1.807, 2.05) is 0 Å². The monoisotopic (exact) mass is 225 g/mol.